The van der Waals surface area contributed by atoms with E-state index in [1.54, 1.807) is 30.3 Å². The molecule has 7 heteroatoms. The van der Waals surface area contributed by atoms with Crippen molar-refractivity contribution in [3.63, 3.8) is 0 Å². The molecule has 1 saturated heterocycles. The number of nitrogens with one attached hydrogen (secondary N) is 1. The molecule has 0 aliphatic carbocycles. The molecule has 3 rings (SSSR count). The summed E-state index contributed by atoms with van der Waals surface area (Å²) in [6.07, 6.45) is 1.28. The second-order valence-corrected chi connectivity index (χ2v) is 6.35. The Labute approximate surface area is 150 Å². The van der Waals surface area contributed by atoms with Crippen LogP contribution < -0.4 is 10.2 Å². The summed E-state index contributed by atoms with van der Waals surface area (Å²) in [7, 11) is 0. The van der Waals surface area contributed by atoms with E-state index >= 15 is 0 Å². The third-order valence-electron chi connectivity index (χ3n) is 4.66. The number of halogens is 1. The maximum absolute atomic E-state index is 12.9. The fraction of sp³-hybridized carbons (Fsp3) is 0.316. The predicted octanol–water partition coefficient (Wildman–Crippen LogP) is 3.27. The van der Waals surface area contributed by atoms with Crippen molar-refractivity contribution in [2.24, 2.45) is 5.92 Å². The zero-order valence-corrected chi connectivity index (χ0v) is 14.2. The van der Waals surface area contributed by atoms with Crippen LogP contribution in [0.4, 0.5) is 15.8 Å². The summed E-state index contributed by atoms with van der Waals surface area (Å²) < 4.78 is 12.9. The quantitative estimate of drug-likeness (QED) is 0.658. The molecule has 0 saturated carbocycles. The summed E-state index contributed by atoms with van der Waals surface area (Å²) in [5.74, 6) is -0.451. The van der Waals surface area contributed by atoms with Crippen LogP contribution in [-0.4, -0.2) is 23.9 Å². The van der Waals surface area contributed by atoms with E-state index in [2.05, 4.69) is 5.32 Å². The molecule has 26 heavy (non-hydrogen) atoms. The molecule has 0 unspecified atom stereocenters. The van der Waals surface area contributed by atoms with E-state index in [4.69, 9.17) is 0 Å². The van der Waals surface area contributed by atoms with Crippen LogP contribution in [-0.2, 0) is 11.3 Å². The van der Waals surface area contributed by atoms with Crippen LogP contribution in [0.15, 0.2) is 48.5 Å². The van der Waals surface area contributed by atoms with Crippen LogP contribution in [0, 0.1) is 21.8 Å². The first-order chi connectivity index (χ1) is 12.5. The molecule has 2 aromatic rings. The molecular weight excluding hydrogens is 337 g/mol. The molecule has 6 nitrogen and oxygen atoms in total. The highest BCUT2D eigenvalue weighted by molar-refractivity contribution is 5.79. The second kappa shape index (κ2) is 7.95. The minimum Gasteiger partial charge on any atom is -0.366 e. The summed E-state index contributed by atoms with van der Waals surface area (Å²) >= 11 is 0. The minimum atomic E-state index is -0.378. The number of amides is 1. The molecule has 1 aliphatic rings. The lowest BCUT2D eigenvalue weighted by atomic mass is 9.95. The van der Waals surface area contributed by atoms with Gasteiger partial charge in [-0.15, -0.1) is 0 Å². The van der Waals surface area contributed by atoms with Crippen molar-refractivity contribution in [2.45, 2.75) is 19.4 Å². The zero-order chi connectivity index (χ0) is 18.5. The highest BCUT2D eigenvalue weighted by atomic mass is 19.1. The van der Waals surface area contributed by atoms with Crippen LogP contribution in [0.1, 0.15) is 18.4 Å². The number of benzene rings is 2. The van der Waals surface area contributed by atoms with Crippen molar-refractivity contribution in [1.82, 2.24) is 5.32 Å². The molecule has 2 aromatic carbocycles. The molecule has 1 N–H and O–H groups in total. The number of para-hydroxylation sites is 2. The van der Waals surface area contributed by atoms with Gasteiger partial charge in [-0.3, -0.25) is 14.9 Å². The van der Waals surface area contributed by atoms with Gasteiger partial charge in [0.25, 0.3) is 5.69 Å². The Morgan fingerprint density at radius 3 is 2.46 bits per heavy atom. The number of carbonyl (C=O) groups is 1. The molecule has 0 bridgehead atoms. The lowest BCUT2D eigenvalue weighted by Crippen LogP contribution is -2.40. The van der Waals surface area contributed by atoms with Crippen molar-refractivity contribution in [2.75, 3.05) is 18.0 Å². The lowest BCUT2D eigenvalue weighted by Gasteiger charge is -2.32. The van der Waals surface area contributed by atoms with Crippen molar-refractivity contribution in [3.8, 4) is 0 Å². The highest BCUT2D eigenvalue weighted by Gasteiger charge is 2.27. The number of anilines is 1. The largest absolute Gasteiger partial charge is 0.366 e. The van der Waals surface area contributed by atoms with Crippen LogP contribution in [0.2, 0.25) is 0 Å². The Kier molecular flexibility index (Phi) is 5.46. The first kappa shape index (κ1) is 17.8. The average molecular weight is 357 g/mol. The fourth-order valence-corrected chi connectivity index (χ4v) is 3.20. The molecule has 1 heterocycles. The van der Waals surface area contributed by atoms with E-state index in [1.807, 2.05) is 4.90 Å². The van der Waals surface area contributed by atoms with E-state index in [-0.39, 0.29) is 28.3 Å². The highest BCUT2D eigenvalue weighted by Crippen LogP contribution is 2.31. The van der Waals surface area contributed by atoms with Gasteiger partial charge in [0.05, 0.1) is 4.92 Å². The third-order valence-corrected chi connectivity index (χ3v) is 4.66. The van der Waals surface area contributed by atoms with Crippen molar-refractivity contribution in [1.29, 1.82) is 0 Å². The number of hydrogen-bond acceptors (Lipinski definition) is 4. The third kappa shape index (κ3) is 4.17. The average Bonchev–Trinajstić information content (AvgIpc) is 2.67. The van der Waals surface area contributed by atoms with Gasteiger partial charge in [0.1, 0.15) is 11.5 Å². The van der Waals surface area contributed by atoms with E-state index in [1.165, 1.54) is 18.2 Å². The summed E-state index contributed by atoms with van der Waals surface area (Å²) in [5.41, 5.74) is 1.53. The van der Waals surface area contributed by atoms with Gasteiger partial charge in [0.15, 0.2) is 0 Å². The van der Waals surface area contributed by atoms with Gasteiger partial charge in [0.2, 0.25) is 5.91 Å². The van der Waals surface area contributed by atoms with Crippen LogP contribution in [0.3, 0.4) is 0 Å². The Bertz CT molecular complexity index is 787. The molecule has 1 amide bonds. The second-order valence-electron chi connectivity index (χ2n) is 6.35. The molecule has 1 aliphatic heterocycles. The molecule has 0 spiro atoms. The van der Waals surface area contributed by atoms with Crippen LogP contribution in [0.25, 0.3) is 0 Å². The Balaban J connectivity index is 1.54. The standard InChI is InChI=1S/C19H20FN3O3/c20-16-7-5-14(6-8-16)13-21-19(24)15-9-11-22(12-10-15)17-3-1-2-4-18(17)23(25)26/h1-8,15H,9-13H2,(H,21,24). The summed E-state index contributed by atoms with van der Waals surface area (Å²) in [5, 5.41) is 14.1. The maximum atomic E-state index is 12.9. The van der Waals surface area contributed by atoms with Gasteiger partial charge >= 0.3 is 0 Å². The zero-order valence-electron chi connectivity index (χ0n) is 14.2. The van der Waals surface area contributed by atoms with E-state index < -0.39 is 0 Å². The predicted molar refractivity (Wildman–Crippen MR) is 96.3 cm³/mol. The van der Waals surface area contributed by atoms with Gasteiger partial charge in [0, 0.05) is 31.6 Å². The number of nitro benzene ring substituents is 1. The Hall–Kier alpha value is -2.96. The molecule has 0 atom stereocenters. The van der Waals surface area contributed by atoms with Crippen molar-refractivity contribution < 1.29 is 14.1 Å². The van der Waals surface area contributed by atoms with Crippen molar-refractivity contribution in [3.05, 3.63) is 70.0 Å². The van der Waals surface area contributed by atoms with Gasteiger partial charge < -0.3 is 10.2 Å². The molecule has 0 aromatic heterocycles. The first-order valence-electron chi connectivity index (χ1n) is 8.55. The number of piperidine rings is 1. The summed E-state index contributed by atoms with van der Waals surface area (Å²) in [6, 6.07) is 12.7. The lowest BCUT2D eigenvalue weighted by molar-refractivity contribution is -0.384. The summed E-state index contributed by atoms with van der Waals surface area (Å²) in [6.45, 7) is 1.56. The smallest absolute Gasteiger partial charge is 0.292 e. The van der Waals surface area contributed by atoms with Gasteiger partial charge in [-0.05, 0) is 36.6 Å². The fourth-order valence-electron chi connectivity index (χ4n) is 3.20. The number of nitrogens with zero attached hydrogens (tertiary/aromatic N) is 2. The monoisotopic (exact) mass is 357 g/mol. The van der Waals surface area contributed by atoms with Crippen LogP contribution >= 0.6 is 0 Å². The summed E-state index contributed by atoms with van der Waals surface area (Å²) in [4.78, 5) is 25.1. The van der Waals surface area contributed by atoms with Gasteiger partial charge in [-0.1, -0.05) is 24.3 Å². The molecule has 1 fully saturated rings. The Morgan fingerprint density at radius 2 is 1.81 bits per heavy atom. The maximum Gasteiger partial charge on any atom is 0.292 e. The van der Waals surface area contributed by atoms with E-state index in [9.17, 15) is 19.3 Å². The number of nitro groups is 1. The molecule has 0 radical (unpaired) electrons. The van der Waals surface area contributed by atoms with Gasteiger partial charge in [-0.2, -0.15) is 0 Å². The van der Waals surface area contributed by atoms with Crippen LogP contribution in [0.5, 0.6) is 0 Å². The van der Waals surface area contributed by atoms with Gasteiger partial charge in [-0.25, -0.2) is 4.39 Å². The number of rotatable bonds is 5. The topological polar surface area (TPSA) is 75.5 Å². The van der Waals surface area contributed by atoms with Crippen molar-refractivity contribution >= 4 is 17.3 Å². The number of carbonyl (C=O) groups excluding carboxylic acids is 1. The normalized spacial score (nSPS) is 14.9. The minimum absolute atomic E-state index is 0.0310. The SMILES string of the molecule is O=C(NCc1ccc(F)cc1)C1CCN(c2ccccc2[N+](=O)[O-])CC1. The van der Waals surface area contributed by atoms with E-state index in [0.29, 0.717) is 38.2 Å². The molecule has 136 valence electrons. The first-order valence-corrected chi connectivity index (χ1v) is 8.55. The molecular formula is C19H20FN3O3. The number of hydrogen-bond donors (Lipinski definition) is 1. The Morgan fingerprint density at radius 1 is 1.15 bits per heavy atom. The van der Waals surface area contributed by atoms with E-state index in [0.717, 1.165) is 5.56 Å².